The van der Waals surface area contributed by atoms with Crippen LogP contribution >= 0.6 is 24.0 Å². The number of hydrogen-bond acceptors (Lipinski definition) is 3. The van der Waals surface area contributed by atoms with Crippen LogP contribution in [0.2, 0.25) is 0 Å². The maximum Gasteiger partial charge on any atom is 0.193 e. The monoisotopic (exact) mass is 441 g/mol. The molecule has 0 saturated heterocycles. The van der Waals surface area contributed by atoms with Gasteiger partial charge in [0.1, 0.15) is 17.6 Å². The molecule has 2 aromatic rings. The van der Waals surface area contributed by atoms with E-state index in [1.165, 1.54) is 0 Å². The van der Waals surface area contributed by atoms with E-state index in [1.54, 1.807) is 7.11 Å². The standard InChI is InChI=1S/C18H23N3O2.HI/c1-13-7-6-8-15(11-13)23-14(2)12-20-18(19)21-16-9-4-5-10-17(16)22-3;/h4-11,14H,12H2,1-3H3,(H3,19,20,21);1H. The molecule has 0 bridgehead atoms. The van der Waals surface area contributed by atoms with Gasteiger partial charge in [-0.05, 0) is 43.7 Å². The topological polar surface area (TPSA) is 68.9 Å². The van der Waals surface area contributed by atoms with Crippen molar-refractivity contribution in [3.05, 3.63) is 54.1 Å². The van der Waals surface area contributed by atoms with Crippen molar-refractivity contribution in [1.29, 1.82) is 0 Å². The lowest BCUT2D eigenvalue weighted by Gasteiger charge is -2.14. The number of guanidine groups is 1. The first-order chi connectivity index (χ1) is 11.1. The number of aliphatic imine (C=N–C) groups is 1. The van der Waals surface area contributed by atoms with Gasteiger partial charge in [0, 0.05) is 0 Å². The lowest BCUT2D eigenvalue weighted by Crippen LogP contribution is -2.26. The van der Waals surface area contributed by atoms with Crippen molar-refractivity contribution in [2.45, 2.75) is 20.0 Å². The van der Waals surface area contributed by atoms with E-state index in [0.29, 0.717) is 12.5 Å². The van der Waals surface area contributed by atoms with Crippen molar-refractivity contribution in [2.75, 3.05) is 19.0 Å². The van der Waals surface area contributed by atoms with E-state index in [2.05, 4.69) is 10.3 Å². The Morgan fingerprint density at radius 2 is 1.96 bits per heavy atom. The molecule has 1 atom stereocenters. The molecule has 6 heteroatoms. The van der Waals surface area contributed by atoms with Crippen LogP contribution in [0.3, 0.4) is 0 Å². The number of hydrogen-bond donors (Lipinski definition) is 2. The molecule has 0 aliphatic carbocycles. The Balaban J connectivity index is 0.00000288. The average molecular weight is 441 g/mol. The number of benzene rings is 2. The normalized spacial score (nSPS) is 12.0. The number of aryl methyl sites for hydroxylation is 1. The van der Waals surface area contributed by atoms with Gasteiger partial charge in [-0.3, -0.25) is 0 Å². The highest BCUT2D eigenvalue weighted by Gasteiger charge is 2.05. The summed E-state index contributed by atoms with van der Waals surface area (Å²) in [5.41, 5.74) is 7.87. The third-order valence-electron chi connectivity index (χ3n) is 3.22. The largest absolute Gasteiger partial charge is 0.495 e. The number of nitrogens with zero attached hydrogens (tertiary/aromatic N) is 1. The summed E-state index contributed by atoms with van der Waals surface area (Å²) in [6.45, 7) is 4.45. The predicted octanol–water partition coefficient (Wildman–Crippen LogP) is 3.82. The van der Waals surface area contributed by atoms with Crippen LogP contribution in [0, 0.1) is 6.92 Å². The van der Waals surface area contributed by atoms with E-state index < -0.39 is 0 Å². The number of nitrogens with two attached hydrogens (primary N) is 1. The zero-order chi connectivity index (χ0) is 16.7. The van der Waals surface area contributed by atoms with Gasteiger partial charge in [0.05, 0.1) is 19.3 Å². The second-order valence-corrected chi connectivity index (χ2v) is 5.30. The summed E-state index contributed by atoms with van der Waals surface area (Å²) >= 11 is 0. The summed E-state index contributed by atoms with van der Waals surface area (Å²) in [5.74, 6) is 1.88. The minimum Gasteiger partial charge on any atom is -0.495 e. The molecule has 0 aliphatic rings. The van der Waals surface area contributed by atoms with Crippen LogP contribution in [0.5, 0.6) is 11.5 Å². The van der Waals surface area contributed by atoms with Crippen molar-refractivity contribution in [3.8, 4) is 11.5 Å². The molecule has 0 aromatic heterocycles. The molecule has 1 unspecified atom stereocenters. The van der Waals surface area contributed by atoms with Gasteiger partial charge in [-0.1, -0.05) is 24.3 Å². The first kappa shape index (κ1) is 20.1. The maximum atomic E-state index is 5.92. The number of methoxy groups -OCH3 is 1. The summed E-state index contributed by atoms with van der Waals surface area (Å²) < 4.78 is 11.1. The Morgan fingerprint density at radius 3 is 2.67 bits per heavy atom. The van der Waals surface area contributed by atoms with Crippen LogP contribution in [0.4, 0.5) is 5.69 Å². The molecule has 0 fully saturated rings. The van der Waals surface area contributed by atoms with Crippen LogP contribution in [0.25, 0.3) is 0 Å². The lowest BCUT2D eigenvalue weighted by atomic mass is 10.2. The number of anilines is 1. The Hall–Kier alpha value is -1.96. The molecule has 2 aromatic carbocycles. The van der Waals surface area contributed by atoms with Gasteiger partial charge in [-0.2, -0.15) is 0 Å². The van der Waals surface area contributed by atoms with Crippen molar-refractivity contribution < 1.29 is 9.47 Å². The molecular weight excluding hydrogens is 417 g/mol. The molecule has 0 amide bonds. The fourth-order valence-corrected chi connectivity index (χ4v) is 2.11. The van der Waals surface area contributed by atoms with Crippen molar-refractivity contribution in [3.63, 3.8) is 0 Å². The average Bonchev–Trinajstić information content (AvgIpc) is 2.53. The van der Waals surface area contributed by atoms with Gasteiger partial charge in [-0.25, -0.2) is 4.99 Å². The number of nitrogens with one attached hydrogen (secondary N) is 1. The second-order valence-electron chi connectivity index (χ2n) is 5.30. The molecule has 2 rings (SSSR count). The molecule has 3 N–H and O–H groups in total. The Kier molecular flexibility index (Phi) is 8.39. The zero-order valence-corrected chi connectivity index (χ0v) is 16.5. The predicted molar refractivity (Wildman–Crippen MR) is 110 cm³/mol. The number of ether oxygens (including phenoxy) is 2. The highest BCUT2D eigenvalue weighted by atomic mass is 127. The molecule has 130 valence electrons. The Morgan fingerprint density at radius 1 is 1.21 bits per heavy atom. The first-order valence-corrected chi connectivity index (χ1v) is 7.52. The summed E-state index contributed by atoms with van der Waals surface area (Å²) in [5, 5.41) is 3.04. The van der Waals surface area contributed by atoms with Gasteiger partial charge < -0.3 is 20.5 Å². The quantitative estimate of drug-likeness (QED) is 0.407. The molecule has 0 spiro atoms. The fraction of sp³-hybridized carbons (Fsp3) is 0.278. The first-order valence-electron chi connectivity index (χ1n) is 7.52. The van der Waals surface area contributed by atoms with Crippen LogP contribution in [-0.2, 0) is 0 Å². The number of para-hydroxylation sites is 2. The van der Waals surface area contributed by atoms with E-state index in [0.717, 1.165) is 22.7 Å². The molecule has 0 heterocycles. The lowest BCUT2D eigenvalue weighted by molar-refractivity contribution is 0.230. The number of rotatable bonds is 6. The van der Waals surface area contributed by atoms with E-state index >= 15 is 0 Å². The molecular formula is C18H24IN3O2. The Bertz CT molecular complexity index is 677. The van der Waals surface area contributed by atoms with E-state index in [-0.39, 0.29) is 30.1 Å². The van der Waals surface area contributed by atoms with Crippen molar-refractivity contribution in [2.24, 2.45) is 10.7 Å². The second kappa shape index (κ2) is 10.0. The van der Waals surface area contributed by atoms with Crippen molar-refractivity contribution >= 4 is 35.6 Å². The van der Waals surface area contributed by atoms with Crippen LogP contribution < -0.4 is 20.5 Å². The molecule has 0 saturated carbocycles. The molecule has 5 nitrogen and oxygen atoms in total. The highest BCUT2D eigenvalue weighted by molar-refractivity contribution is 14.0. The van der Waals surface area contributed by atoms with Crippen LogP contribution in [0.1, 0.15) is 12.5 Å². The molecule has 0 aliphatic heterocycles. The number of halogens is 1. The fourth-order valence-electron chi connectivity index (χ4n) is 2.11. The third kappa shape index (κ3) is 6.27. The minimum atomic E-state index is -0.0742. The summed E-state index contributed by atoms with van der Waals surface area (Å²) in [6.07, 6.45) is -0.0742. The maximum absolute atomic E-state index is 5.92. The van der Waals surface area contributed by atoms with Gasteiger partial charge in [0.2, 0.25) is 0 Å². The summed E-state index contributed by atoms with van der Waals surface area (Å²) in [6, 6.07) is 15.5. The summed E-state index contributed by atoms with van der Waals surface area (Å²) in [4.78, 5) is 4.32. The highest BCUT2D eigenvalue weighted by Crippen LogP contribution is 2.22. The van der Waals surface area contributed by atoms with Gasteiger partial charge in [0.25, 0.3) is 0 Å². The van der Waals surface area contributed by atoms with Gasteiger partial charge in [0.15, 0.2) is 5.96 Å². The van der Waals surface area contributed by atoms with E-state index in [9.17, 15) is 0 Å². The Labute approximate surface area is 160 Å². The SMILES string of the molecule is COc1ccccc1NC(N)=NCC(C)Oc1cccc(C)c1.I. The van der Waals surface area contributed by atoms with Crippen LogP contribution in [0.15, 0.2) is 53.5 Å². The summed E-state index contributed by atoms with van der Waals surface area (Å²) in [7, 11) is 1.62. The molecule has 24 heavy (non-hydrogen) atoms. The van der Waals surface area contributed by atoms with Crippen LogP contribution in [-0.4, -0.2) is 25.7 Å². The van der Waals surface area contributed by atoms with E-state index in [1.807, 2.05) is 62.4 Å². The van der Waals surface area contributed by atoms with Gasteiger partial charge >= 0.3 is 0 Å². The van der Waals surface area contributed by atoms with E-state index in [4.69, 9.17) is 15.2 Å². The third-order valence-corrected chi connectivity index (χ3v) is 3.22. The smallest absolute Gasteiger partial charge is 0.193 e. The minimum absolute atomic E-state index is 0. The zero-order valence-electron chi connectivity index (χ0n) is 14.2. The molecule has 0 radical (unpaired) electrons. The van der Waals surface area contributed by atoms with Gasteiger partial charge in [-0.15, -0.1) is 24.0 Å². The van der Waals surface area contributed by atoms with Crippen molar-refractivity contribution in [1.82, 2.24) is 0 Å².